The van der Waals surface area contributed by atoms with Crippen molar-refractivity contribution >= 4 is 17.3 Å². The molecule has 2 aromatic rings. The van der Waals surface area contributed by atoms with Gasteiger partial charge in [0.05, 0.1) is 23.2 Å². The third-order valence-corrected chi connectivity index (χ3v) is 2.56. The van der Waals surface area contributed by atoms with E-state index in [0.717, 1.165) is 0 Å². The van der Waals surface area contributed by atoms with E-state index < -0.39 is 0 Å². The maximum absolute atomic E-state index is 8.68. The van der Waals surface area contributed by atoms with Crippen LogP contribution in [0.2, 0.25) is 5.02 Å². The number of halogens is 1. The minimum Gasteiger partial charge on any atom is -0.457 e. The molecule has 0 unspecified atom stereocenters. The van der Waals surface area contributed by atoms with Crippen LogP contribution in [0.3, 0.4) is 0 Å². The number of hydrogen-bond donors (Lipinski definition) is 0. The van der Waals surface area contributed by atoms with Crippen LogP contribution in [-0.2, 0) is 0 Å². The molecule has 4 heteroatoms. The maximum atomic E-state index is 8.68. The van der Waals surface area contributed by atoms with Gasteiger partial charge in [0.25, 0.3) is 0 Å². The van der Waals surface area contributed by atoms with Gasteiger partial charge >= 0.3 is 0 Å². The largest absolute Gasteiger partial charge is 0.457 e. The Morgan fingerprint density at radius 3 is 2.33 bits per heavy atom. The Morgan fingerprint density at radius 1 is 1.11 bits per heavy atom. The van der Waals surface area contributed by atoms with E-state index in [2.05, 4.69) is 4.85 Å². The third kappa shape index (κ3) is 2.60. The topological polar surface area (TPSA) is 37.4 Å². The molecule has 0 N–H and O–H groups in total. The Hall–Kier alpha value is -2.49. The van der Waals surface area contributed by atoms with Crippen LogP contribution in [0.25, 0.3) is 4.85 Å². The van der Waals surface area contributed by atoms with Gasteiger partial charge in [0.15, 0.2) is 0 Å². The van der Waals surface area contributed by atoms with Crippen molar-refractivity contribution in [3.8, 4) is 17.6 Å². The van der Waals surface area contributed by atoms with Gasteiger partial charge in [-0.25, -0.2) is 4.85 Å². The molecular formula is C14H7ClN2O. The zero-order chi connectivity index (χ0) is 13.0. The highest BCUT2D eigenvalue weighted by Crippen LogP contribution is 2.31. The number of hydrogen-bond acceptors (Lipinski definition) is 2. The minimum atomic E-state index is 0.358. The highest BCUT2D eigenvalue weighted by atomic mass is 35.5. The molecule has 0 bridgehead atoms. The van der Waals surface area contributed by atoms with Gasteiger partial charge in [-0.3, -0.25) is 0 Å². The van der Waals surface area contributed by atoms with Crippen LogP contribution in [0.5, 0.6) is 11.5 Å². The Kier molecular flexibility index (Phi) is 3.48. The summed E-state index contributed by atoms with van der Waals surface area (Å²) in [5.41, 5.74) is 0.965. The van der Waals surface area contributed by atoms with Crippen LogP contribution in [0, 0.1) is 17.9 Å². The second-order valence-corrected chi connectivity index (χ2v) is 3.87. The van der Waals surface area contributed by atoms with Crippen molar-refractivity contribution in [2.75, 3.05) is 0 Å². The summed E-state index contributed by atoms with van der Waals surface area (Å²) in [6, 6.07) is 13.7. The summed E-state index contributed by atoms with van der Waals surface area (Å²) in [6.45, 7) is 6.89. The SMILES string of the molecule is [C-]#[N+]c1ccc(Oc2ccc(C#N)cc2)cc1Cl. The van der Waals surface area contributed by atoms with Crippen LogP contribution in [0.4, 0.5) is 5.69 Å². The Labute approximate surface area is 110 Å². The highest BCUT2D eigenvalue weighted by Gasteiger charge is 2.03. The van der Waals surface area contributed by atoms with Crippen molar-refractivity contribution in [1.82, 2.24) is 0 Å². The number of benzene rings is 2. The van der Waals surface area contributed by atoms with Gasteiger partial charge in [0.1, 0.15) is 11.5 Å². The maximum Gasteiger partial charge on any atom is 0.205 e. The third-order valence-electron chi connectivity index (χ3n) is 2.26. The lowest BCUT2D eigenvalue weighted by Gasteiger charge is -2.06. The van der Waals surface area contributed by atoms with Gasteiger partial charge in [0, 0.05) is 0 Å². The van der Waals surface area contributed by atoms with Crippen LogP contribution in [0.15, 0.2) is 42.5 Å². The number of rotatable bonds is 2. The summed E-state index contributed by atoms with van der Waals surface area (Å²) < 4.78 is 5.56. The normalized spacial score (nSPS) is 9.28. The standard InChI is InChI=1S/C14H7ClN2O/c1-17-14-7-6-12(8-13(14)15)18-11-4-2-10(9-16)3-5-11/h2-8H. The number of ether oxygens (including phenoxy) is 1. The molecule has 0 aliphatic heterocycles. The van der Waals surface area contributed by atoms with E-state index >= 15 is 0 Å². The summed E-state index contributed by atoms with van der Waals surface area (Å²) in [5, 5.41) is 9.03. The second-order valence-electron chi connectivity index (χ2n) is 3.46. The summed E-state index contributed by atoms with van der Waals surface area (Å²) in [4.78, 5) is 3.27. The first-order chi connectivity index (χ1) is 8.72. The first-order valence-corrected chi connectivity index (χ1v) is 5.46. The van der Waals surface area contributed by atoms with Gasteiger partial charge < -0.3 is 4.74 Å². The van der Waals surface area contributed by atoms with Crippen molar-refractivity contribution in [2.24, 2.45) is 0 Å². The number of nitriles is 1. The average molecular weight is 255 g/mol. The Bertz CT molecular complexity index is 651. The van der Waals surface area contributed by atoms with Crippen molar-refractivity contribution in [1.29, 1.82) is 5.26 Å². The van der Waals surface area contributed by atoms with E-state index in [4.69, 9.17) is 28.2 Å². The average Bonchev–Trinajstić information content (AvgIpc) is 2.40. The molecule has 0 fully saturated rings. The molecule has 2 aromatic carbocycles. The molecule has 0 saturated heterocycles. The Balaban J connectivity index is 2.21. The molecule has 0 atom stereocenters. The van der Waals surface area contributed by atoms with Gasteiger partial charge in [-0.05, 0) is 36.4 Å². The molecular weight excluding hydrogens is 248 g/mol. The van der Waals surface area contributed by atoms with Crippen molar-refractivity contribution in [3.05, 3.63) is 64.5 Å². The molecule has 0 spiro atoms. The first-order valence-electron chi connectivity index (χ1n) is 5.08. The molecule has 0 amide bonds. The molecule has 0 aliphatic carbocycles. The summed E-state index contributed by atoms with van der Waals surface area (Å²) in [5.74, 6) is 1.16. The zero-order valence-electron chi connectivity index (χ0n) is 9.22. The van der Waals surface area contributed by atoms with E-state index in [0.29, 0.717) is 27.8 Å². The number of nitrogens with zero attached hydrogens (tertiary/aromatic N) is 2. The van der Waals surface area contributed by atoms with Crippen LogP contribution < -0.4 is 4.74 Å². The fraction of sp³-hybridized carbons (Fsp3) is 0. The van der Waals surface area contributed by atoms with Gasteiger partial charge in [0.2, 0.25) is 5.69 Å². The Morgan fingerprint density at radius 2 is 1.78 bits per heavy atom. The molecule has 3 nitrogen and oxygen atoms in total. The van der Waals surface area contributed by atoms with E-state index in [1.54, 1.807) is 42.5 Å². The molecule has 0 aromatic heterocycles. The van der Waals surface area contributed by atoms with Crippen molar-refractivity contribution in [2.45, 2.75) is 0 Å². The van der Waals surface area contributed by atoms with Crippen LogP contribution in [0.1, 0.15) is 5.56 Å². The fourth-order valence-corrected chi connectivity index (χ4v) is 1.59. The lowest BCUT2D eigenvalue weighted by Crippen LogP contribution is -1.84. The smallest absolute Gasteiger partial charge is 0.205 e. The van der Waals surface area contributed by atoms with Crippen LogP contribution >= 0.6 is 11.6 Å². The van der Waals surface area contributed by atoms with Crippen molar-refractivity contribution < 1.29 is 4.74 Å². The zero-order valence-corrected chi connectivity index (χ0v) is 9.98. The summed E-state index contributed by atoms with van der Waals surface area (Å²) in [6.07, 6.45) is 0. The van der Waals surface area contributed by atoms with Gasteiger partial charge in [-0.2, -0.15) is 5.26 Å². The fourth-order valence-electron chi connectivity index (χ4n) is 1.38. The molecule has 0 aliphatic rings. The lowest BCUT2D eigenvalue weighted by molar-refractivity contribution is 0.483. The van der Waals surface area contributed by atoms with Gasteiger partial charge in [-0.1, -0.05) is 17.7 Å². The minimum absolute atomic E-state index is 0.358. The summed E-state index contributed by atoms with van der Waals surface area (Å²) in [7, 11) is 0. The first kappa shape index (κ1) is 12.0. The molecule has 0 heterocycles. The van der Waals surface area contributed by atoms with E-state index in [9.17, 15) is 0 Å². The summed E-state index contributed by atoms with van der Waals surface area (Å²) >= 11 is 5.91. The predicted octanol–water partition coefficient (Wildman–Crippen LogP) is 4.55. The van der Waals surface area contributed by atoms with E-state index in [1.807, 2.05) is 6.07 Å². The predicted molar refractivity (Wildman–Crippen MR) is 68.9 cm³/mol. The molecule has 86 valence electrons. The molecule has 2 rings (SSSR count). The van der Waals surface area contributed by atoms with Crippen LogP contribution in [-0.4, -0.2) is 0 Å². The monoisotopic (exact) mass is 254 g/mol. The molecule has 0 saturated carbocycles. The lowest BCUT2D eigenvalue weighted by atomic mass is 10.2. The quantitative estimate of drug-likeness (QED) is 0.737. The van der Waals surface area contributed by atoms with Crippen molar-refractivity contribution in [3.63, 3.8) is 0 Å². The highest BCUT2D eigenvalue weighted by molar-refractivity contribution is 6.33. The second kappa shape index (κ2) is 5.23. The molecule has 0 radical (unpaired) electrons. The van der Waals surface area contributed by atoms with E-state index in [-0.39, 0.29) is 0 Å². The van der Waals surface area contributed by atoms with E-state index in [1.165, 1.54) is 0 Å². The van der Waals surface area contributed by atoms with Gasteiger partial charge in [-0.15, -0.1) is 0 Å². The molecule has 18 heavy (non-hydrogen) atoms.